The largest absolute Gasteiger partial charge is 0.468 e. The number of rotatable bonds is 6. The number of methoxy groups -OCH3 is 2. The lowest BCUT2D eigenvalue weighted by molar-refractivity contribution is -0.150. The van der Waals surface area contributed by atoms with Gasteiger partial charge in [-0.3, -0.25) is 14.4 Å². The summed E-state index contributed by atoms with van der Waals surface area (Å²) in [7, 11) is 2.43. The molecule has 1 N–H and O–H groups in total. The normalized spacial score (nSPS) is 18.8. The molecule has 0 unspecified atom stereocenters. The van der Waals surface area contributed by atoms with Gasteiger partial charge >= 0.3 is 11.9 Å². The SMILES string of the molecule is COC(=O)c1ccc([C@@H]2C(C#N)=C(SCC(=O)N3CCc4ccccc4C3)NC(=O)[C@@H]2C(=O)OC)cc1. The molecule has 9 nitrogen and oxygen atoms in total. The Morgan fingerprint density at radius 2 is 1.78 bits per heavy atom. The number of nitrogens with zero attached hydrogens (tertiary/aromatic N) is 2. The number of carbonyl (C=O) groups is 4. The number of hydrogen-bond donors (Lipinski definition) is 1. The number of thioether (sulfide) groups is 1. The van der Waals surface area contributed by atoms with Gasteiger partial charge in [0.1, 0.15) is 5.92 Å². The maximum absolute atomic E-state index is 13.0. The lowest BCUT2D eigenvalue weighted by Crippen LogP contribution is -2.44. The van der Waals surface area contributed by atoms with Crippen LogP contribution in [0.4, 0.5) is 0 Å². The molecule has 37 heavy (non-hydrogen) atoms. The zero-order chi connectivity index (χ0) is 26.5. The van der Waals surface area contributed by atoms with Gasteiger partial charge < -0.3 is 19.7 Å². The summed E-state index contributed by atoms with van der Waals surface area (Å²) in [5.74, 6) is -4.31. The summed E-state index contributed by atoms with van der Waals surface area (Å²) in [6.45, 7) is 1.10. The van der Waals surface area contributed by atoms with Crippen molar-refractivity contribution in [1.29, 1.82) is 5.26 Å². The number of hydrogen-bond acceptors (Lipinski definition) is 8. The highest BCUT2D eigenvalue weighted by molar-refractivity contribution is 8.03. The number of benzene rings is 2. The van der Waals surface area contributed by atoms with Crippen molar-refractivity contribution in [3.05, 3.63) is 81.4 Å². The summed E-state index contributed by atoms with van der Waals surface area (Å²) in [6, 6.07) is 16.2. The van der Waals surface area contributed by atoms with Crippen molar-refractivity contribution in [1.82, 2.24) is 10.2 Å². The van der Waals surface area contributed by atoms with Gasteiger partial charge in [-0.1, -0.05) is 48.2 Å². The molecule has 2 amide bonds. The summed E-state index contributed by atoms with van der Waals surface area (Å²) in [4.78, 5) is 52.2. The minimum Gasteiger partial charge on any atom is -0.468 e. The lowest BCUT2D eigenvalue weighted by atomic mass is 9.78. The molecule has 190 valence electrons. The highest BCUT2D eigenvalue weighted by Gasteiger charge is 2.44. The molecule has 4 rings (SSSR count). The monoisotopic (exact) mass is 519 g/mol. The third kappa shape index (κ3) is 5.37. The van der Waals surface area contributed by atoms with E-state index in [2.05, 4.69) is 17.5 Å². The van der Waals surface area contributed by atoms with Crippen LogP contribution in [-0.2, 0) is 36.8 Å². The molecule has 0 bridgehead atoms. The van der Waals surface area contributed by atoms with Crippen LogP contribution in [0.3, 0.4) is 0 Å². The molecule has 0 radical (unpaired) electrons. The summed E-state index contributed by atoms with van der Waals surface area (Å²) in [5.41, 5.74) is 3.23. The summed E-state index contributed by atoms with van der Waals surface area (Å²) < 4.78 is 9.57. The molecule has 2 heterocycles. The molecule has 2 aliphatic heterocycles. The van der Waals surface area contributed by atoms with Crippen molar-refractivity contribution < 1.29 is 28.7 Å². The first-order valence-electron chi connectivity index (χ1n) is 11.6. The predicted octanol–water partition coefficient (Wildman–Crippen LogP) is 2.53. The Hall–Kier alpha value is -4.10. The molecule has 2 aromatic rings. The molecule has 2 aromatic carbocycles. The third-order valence-electron chi connectivity index (χ3n) is 6.50. The van der Waals surface area contributed by atoms with Gasteiger partial charge in [0, 0.05) is 19.0 Å². The highest BCUT2D eigenvalue weighted by Crippen LogP contribution is 2.40. The second-order valence-corrected chi connectivity index (χ2v) is 9.54. The van der Waals surface area contributed by atoms with E-state index < -0.39 is 29.7 Å². The zero-order valence-electron chi connectivity index (χ0n) is 20.4. The second-order valence-electron chi connectivity index (χ2n) is 8.56. The van der Waals surface area contributed by atoms with Crippen molar-refractivity contribution in [2.45, 2.75) is 18.9 Å². The molecule has 0 spiro atoms. The second kappa shape index (κ2) is 11.3. The van der Waals surface area contributed by atoms with Crippen molar-refractivity contribution in [3.63, 3.8) is 0 Å². The van der Waals surface area contributed by atoms with Crippen molar-refractivity contribution in [2.24, 2.45) is 5.92 Å². The van der Waals surface area contributed by atoms with E-state index in [1.165, 1.54) is 31.9 Å². The Morgan fingerprint density at radius 1 is 1.08 bits per heavy atom. The van der Waals surface area contributed by atoms with Crippen LogP contribution in [-0.4, -0.2) is 55.2 Å². The van der Waals surface area contributed by atoms with E-state index >= 15 is 0 Å². The molecular formula is C27H25N3O6S. The van der Waals surface area contributed by atoms with Crippen molar-refractivity contribution in [3.8, 4) is 6.07 Å². The van der Waals surface area contributed by atoms with Gasteiger partial charge in [-0.2, -0.15) is 5.26 Å². The summed E-state index contributed by atoms with van der Waals surface area (Å²) in [6.07, 6.45) is 0.764. The van der Waals surface area contributed by atoms with Crippen LogP contribution in [0.25, 0.3) is 0 Å². The van der Waals surface area contributed by atoms with Gasteiger partial charge in [0.15, 0.2) is 0 Å². The average Bonchev–Trinajstić information content (AvgIpc) is 2.94. The van der Waals surface area contributed by atoms with Gasteiger partial charge in [-0.15, -0.1) is 0 Å². The number of carbonyl (C=O) groups excluding carboxylic acids is 4. The van der Waals surface area contributed by atoms with Crippen LogP contribution >= 0.6 is 11.8 Å². The average molecular weight is 520 g/mol. The molecule has 10 heteroatoms. The fraction of sp³-hybridized carbons (Fsp3) is 0.296. The van der Waals surface area contributed by atoms with Crippen LogP contribution in [0, 0.1) is 17.2 Å². The standard InChI is InChI=1S/C27H25N3O6S/c1-35-26(33)18-9-7-17(8-10-18)22-20(13-28)25(29-24(32)23(22)27(34)36-2)37-15-21(31)30-12-11-16-5-3-4-6-19(16)14-30/h3-10,22-23H,11-12,14-15H2,1-2H3,(H,29,32)/t22-,23-/m1/s1. The molecule has 0 saturated carbocycles. The molecule has 0 saturated heterocycles. The maximum Gasteiger partial charge on any atom is 0.337 e. The van der Waals surface area contributed by atoms with E-state index in [0.29, 0.717) is 18.7 Å². The van der Waals surface area contributed by atoms with E-state index in [1.807, 2.05) is 18.2 Å². The summed E-state index contributed by atoms with van der Waals surface area (Å²) >= 11 is 1.06. The van der Waals surface area contributed by atoms with Gasteiger partial charge in [-0.05, 0) is 35.2 Å². The molecular weight excluding hydrogens is 494 g/mol. The Kier molecular flexibility index (Phi) is 7.94. The van der Waals surface area contributed by atoms with E-state index in [0.717, 1.165) is 23.7 Å². The maximum atomic E-state index is 13.0. The number of esters is 2. The van der Waals surface area contributed by atoms with E-state index in [4.69, 9.17) is 9.47 Å². The Bertz CT molecular complexity index is 1310. The van der Waals surface area contributed by atoms with Crippen molar-refractivity contribution >= 4 is 35.5 Å². The fourth-order valence-corrected chi connectivity index (χ4v) is 5.51. The number of allylic oxidation sites excluding steroid dienone is 1. The van der Waals surface area contributed by atoms with Crippen LogP contribution < -0.4 is 5.32 Å². The number of ether oxygens (including phenoxy) is 2. The third-order valence-corrected chi connectivity index (χ3v) is 7.50. The van der Waals surface area contributed by atoms with E-state index in [9.17, 15) is 24.4 Å². The topological polar surface area (TPSA) is 126 Å². The van der Waals surface area contributed by atoms with Crippen LogP contribution in [0.5, 0.6) is 0 Å². The first-order valence-corrected chi connectivity index (χ1v) is 12.5. The predicted molar refractivity (Wildman–Crippen MR) is 135 cm³/mol. The first kappa shape index (κ1) is 26.0. The van der Waals surface area contributed by atoms with Crippen LogP contribution in [0.15, 0.2) is 59.1 Å². The number of nitrogens with one attached hydrogen (secondary N) is 1. The van der Waals surface area contributed by atoms with Gasteiger partial charge in [0.05, 0.1) is 42.2 Å². The van der Waals surface area contributed by atoms with Crippen LogP contribution in [0.2, 0.25) is 0 Å². The van der Waals surface area contributed by atoms with E-state index in [-0.39, 0.29) is 27.8 Å². The first-order chi connectivity index (χ1) is 17.9. The smallest absolute Gasteiger partial charge is 0.337 e. The summed E-state index contributed by atoms with van der Waals surface area (Å²) in [5, 5.41) is 12.9. The zero-order valence-corrected chi connectivity index (χ0v) is 21.2. The van der Waals surface area contributed by atoms with Gasteiger partial charge in [0.25, 0.3) is 0 Å². The lowest BCUT2D eigenvalue weighted by Gasteiger charge is -2.32. The Labute approximate surface area is 218 Å². The van der Waals surface area contributed by atoms with Crippen LogP contribution in [0.1, 0.15) is 33.0 Å². The Morgan fingerprint density at radius 3 is 2.43 bits per heavy atom. The number of fused-ring (bicyclic) bond motifs is 1. The van der Waals surface area contributed by atoms with Gasteiger partial charge in [-0.25, -0.2) is 4.79 Å². The molecule has 0 aliphatic carbocycles. The van der Waals surface area contributed by atoms with Gasteiger partial charge in [0.2, 0.25) is 11.8 Å². The van der Waals surface area contributed by atoms with Crippen molar-refractivity contribution in [2.75, 3.05) is 26.5 Å². The van der Waals surface area contributed by atoms with E-state index in [1.54, 1.807) is 17.0 Å². The minimum atomic E-state index is -1.30. The molecule has 2 atom stereocenters. The fourth-order valence-electron chi connectivity index (χ4n) is 4.56. The molecule has 0 fully saturated rings. The number of nitriles is 1. The number of amides is 2. The molecule has 2 aliphatic rings. The highest BCUT2D eigenvalue weighted by atomic mass is 32.2. The quantitative estimate of drug-likeness (QED) is 0.456. The molecule has 0 aromatic heterocycles. The Balaban J connectivity index is 1.59. The minimum absolute atomic E-state index is 0.0137.